The largest absolute Gasteiger partial charge is 0.240 e. The van der Waals surface area contributed by atoms with Crippen LogP contribution < -0.4 is 4.72 Å². The predicted molar refractivity (Wildman–Crippen MR) is 74.8 cm³/mol. The van der Waals surface area contributed by atoms with Crippen LogP contribution in [-0.2, 0) is 16.4 Å². The Morgan fingerprint density at radius 2 is 2.00 bits per heavy atom. The first-order valence-electron chi connectivity index (χ1n) is 6.36. The Labute approximate surface area is 111 Å². The van der Waals surface area contributed by atoms with Crippen LogP contribution in [0.5, 0.6) is 0 Å². The topological polar surface area (TPSA) is 46.2 Å². The van der Waals surface area contributed by atoms with Crippen LogP contribution in [0.4, 0.5) is 0 Å². The molecule has 101 valence electrons. The minimum absolute atomic E-state index is 0.0928. The summed E-state index contributed by atoms with van der Waals surface area (Å²) < 4.78 is 26.6. The quantitative estimate of drug-likeness (QED) is 0.773. The van der Waals surface area contributed by atoms with E-state index in [1.165, 1.54) is 0 Å². The molecule has 0 saturated carbocycles. The molecule has 0 aromatic heterocycles. The number of hydrogen-bond acceptors (Lipinski definition) is 2. The van der Waals surface area contributed by atoms with Gasteiger partial charge < -0.3 is 0 Å². The zero-order valence-electron chi connectivity index (χ0n) is 11.1. The lowest BCUT2D eigenvalue weighted by atomic mass is 10.1. The number of rotatable bonds is 7. The zero-order chi connectivity index (χ0) is 13.6. The number of sulfonamides is 1. The third-order valence-corrected chi connectivity index (χ3v) is 4.22. The van der Waals surface area contributed by atoms with E-state index < -0.39 is 10.0 Å². The fraction of sp³-hybridized carbons (Fsp3) is 0.500. The number of nitrogens with one attached hydrogen (secondary N) is 1. The minimum atomic E-state index is -3.37. The van der Waals surface area contributed by atoms with Crippen LogP contribution in [0.3, 0.4) is 0 Å². The van der Waals surface area contributed by atoms with Gasteiger partial charge in [0.15, 0.2) is 0 Å². The van der Waals surface area contributed by atoms with Crippen molar-refractivity contribution in [3.8, 4) is 0 Å². The Hall–Kier alpha value is -0.870. The van der Waals surface area contributed by atoms with Gasteiger partial charge in [-0.2, -0.15) is 0 Å². The Morgan fingerprint density at radius 1 is 1.28 bits per heavy atom. The van der Waals surface area contributed by atoms with E-state index in [-0.39, 0.29) is 6.04 Å². The maximum atomic E-state index is 12.0. The van der Waals surface area contributed by atoms with Crippen molar-refractivity contribution in [1.82, 2.24) is 4.72 Å². The van der Waals surface area contributed by atoms with E-state index in [9.17, 15) is 8.42 Å². The first-order chi connectivity index (χ1) is 8.45. The van der Waals surface area contributed by atoms with Crippen LogP contribution in [0.1, 0.15) is 38.7 Å². The Morgan fingerprint density at radius 3 is 2.61 bits per heavy atom. The van der Waals surface area contributed by atoms with Crippen LogP contribution in [0.15, 0.2) is 29.2 Å². The van der Waals surface area contributed by atoms with Gasteiger partial charge in [-0.1, -0.05) is 31.9 Å². The van der Waals surface area contributed by atoms with E-state index in [2.05, 4.69) is 11.6 Å². The molecule has 1 rings (SSSR count). The molecule has 0 bridgehead atoms. The zero-order valence-corrected chi connectivity index (χ0v) is 12.0. The van der Waals surface area contributed by atoms with E-state index in [0.29, 0.717) is 4.90 Å². The maximum absolute atomic E-state index is 12.0. The van der Waals surface area contributed by atoms with Crippen molar-refractivity contribution >= 4 is 10.0 Å². The fourth-order valence-electron chi connectivity index (χ4n) is 1.75. The van der Waals surface area contributed by atoms with Gasteiger partial charge in [0, 0.05) is 6.04 Å². The molecule has 0 aliphatic carbocycles. The standard InChI is InChI=1S/C14H22NO2S/c1-4-5-6-8-13-9-7-10-14(11-13)18(16,17)15-12(2)3/h7,9-12,15H,1,4-6,8H2,2-3H3. The lowest BCUT2D eigenvalue weighted by Gasteiger charge is -2.10. The van der Waals surface area contributed by atoms with E-state index in [4.69, 9.17) is 0 Å². The van der Waals surface area contributed by atoms with Crippen molar-refractivity contribution < 1.29 is 8.42 Å². The molecule has 0 heterocycles. The second kappa shape index (κ2) is 6.90. The van der Waals surface area contributed by atoms with Gasteiger partial charge in [-0.3, -0.25) is 0 Å². The molecule has 18 heavy (non-hydrogen) atoms. The van der Waals surface area contributed by atoms with Gasteiger partial charge in [0.1, 0.15) is 0 Å². The lowest BCUT2D eigenvalue weighted by Crippen LogP contribution is -2.30. The molecule has 3 nitrogen and oxygen atoms in total. The molecule has 0 saturated heterocycles. The highest BCUT2D eigenvalue weighted by Crippen LogP contribution is 2.14. The summed E-state index contributed by atoms with van der Waals surface area (Å²) in [5.74, 6) is 0. The summed E-state index contributed by atoms with van der Waals surface area (Å²) in [6.45, 7) is 7.43. The summed E-state index contributed by atoms with van der Waals surface area (Å²) in [4.78, 5) is 0.350. The molecule has 0 atom stereocenters. The van der Waals surface area contributed by atoms with E-state index in [1.807, 2.05) is 19.9 Å². The van der Waals surface area contributed by atoms with Crippen molar-refractivity contribution in [1.29, 1.82) is 0 Å². The summed E-state index contributed by atoms with van der Waals surface area (Å²) >= 11 is 0. The summed E-state index contributed by atoms with van der Waals surface area (Å²) in [7, 11) is -3.37. The number of benzene rings is 1. The summed E-state index contributed by atoms with van der Waals surface area (Å²) in [6, 6.07) is 7.07. The molecular weight excluding hydrogens is 246 g/mol. The maximum Gasteiger partial charge on any atom is 0.240 e. The van der Waals surface area contributed by atoms with E-state index in [0.717, 1.165) is 31.2 Å². The van der Waals surface area contributed by atoms with Gasteiger partial charge >= 0.3 is 0 Å². The molecule has 0 spiro atoms. The highest BCUT2D eigenvalue weighted by molar-refractivity contribution is 7.89. The molecule has 0 fully saturated rings. The van der Waals surface area contributed by atoms with Gasteiger partial charge in [-0.15, -0.1) is 0 Å². The SMILES string of the molecule is [CH2]CCCCc1cccc(S(=O)(=O)NC(C)C)c1. The van der Waals surface area contributed by atoms with Crippen molar-refractivity contribution in [2.75, 3.05) is 0 Å². The first kappa shape index (κ1) is 15.2. The molecule has 1 aromatic rings. The molecule has 0 aliphatic heterocycles. The molecule has 1 aromatic carbocycles. The summed E-state index contributed by atoms with van der Waals surface area (Å²) in [6.07, 6.45) is 3.94. The van der Waals surface area contributed by atoms with Crippen molar-refractivity contribution in [2.45, 2.75) is 50.5 Å². The van der Waals surface area contributed by atoms with Crippen LogP contribution in [0.25, 0.3) is 0 Å². The second-order valence-electron chi connectivity index (χ2n) is 4.73. The van der Waals surface area contributed by atoms with E-state index >= 15 is 0 Å². The highest BCUT2D eigenvalue weighted by Gasteiger charge is 2.15. The number of unbranched alkanes of at least 4 members (excludes halogenated alkanes) is 2. The van der Waals surface area contributed by atoms with Gasteiger partial charge in [0.25, 0.3) is 0 Å². The molecule has 0 aliphatic rings. The molecule has 1 radical (unpaired) electrons. The van der Waals surface area contributed by atoms with Gasteiger partial charge in [0.05, 0.1) is 4.90 Å². The van der Waals surface area contributed by atoms with Crippen molar-refractivity contribution in [3.63, 3.8) is 0 Å². The molecule has 4 heteroatoms. The Kier molecular flexibility index (Phi) is 5.82. The smallest absolute Gasteiger partial charge is 0.209 e. The lowest BCUT2D eigenvalue weighted by molar-refractivity contribution is 0.569. The fourth-order valence-corrected chi connectivity index (χ4v) is 3.07. The van der Waals surface area contributed by atoms with Crippen molar-refractivity contribution in [3.05, 3.63) is 36.8 Å². The average Bonchev–Trinajstić information content (AvgIpc) is 2.28. The van der Waals surface area contributed by atoms with Crippen molar-refractivity contribution in [2.24, 2.45) is 0 Å². The third kappa shape index (κ3) is 4.78. The number of aryl methyl sites for hydroxylation is 1. The van der Waals surface area contributed by atoms with E-state index in [1.54, 1.807) is 18.2 Å². The molecule has 0 amide bonds. The average molecular weight is 268 g/mol. The van der Waals surface area contributed by atoms with Crippen LogP contribution in [-0.4, -0.2) is 14.5 Å². The molecule has 1 N–H and O–H groups in total. The van der Waals surface area contributed by atoms with Gasteiger partial charge in [-0.05, 0) is 44.4 Å². The van der Waals surface area contributed by atoms with Crippen LogP contribution in [0.2, 0.25) is 0 Å². The normalized spacial score (nSPS) is 12.0. The van der Waals surface area contributed by atoms with Gasteiger partial charge in [0.2, 0.25) is 10.0 Å². The van der Waals surface area contributed by atoms with Gasteiger partial charge in [-0.25, -0.2) is 13.1 Å². The highest BCUT2D eigenvalue weighted by atomic mass is 32.2. The minimum Gasteiger partial charge on any atom is -0.209 e. The summed E-state index contributed by atoms with van der Waals surface area (Å²) in [5.41, 5.74) is 1.06. The Balaban J connectivity index is 2.81. The molecular formula is C14H22NO2S. The van der Waals surface area contributed by atoms with Crippen LogP contribution >= 0.6 is 0 Å². The third-order valence-electron chi connectivity index (χ3n) is 2.57. The second-order valence-corrected chi connectivity index (χ2v) is 6.45. The first-order valence-corrected chi connectivity index (χ1v) is 7.84. The monoisotopic (exact) mass is 268 g/mol. The Bertz CT molecular complexity index is 466. The van der Waals surface area contributed by atoms with Crippen LogP contribution in [0, 0.1) is 6.92 Å². The predicted octanol–water partition coefficient (Wildman–Crippen LogP) is 2.92. The molecule has 0 unspecified atom stereocenters. The summed E-state index contributed by atoms with van der Waals surface area (Å²) in [5, 5.41) is 0. The number of hydrogen-bond donors (Lipinski definition) is 1.